The van der Waals surface area contributed by atoms with Crippen molar-refractivity contribution in [2.45, 2.75) is 18.6 Å². The van der Waals surface area contributed by atoms with Crippen molar-refractivity contribution >= 4 is 34.2 Å². The van der Waals surface area contributed by atoms with Crippen LogP contribution in [0.3, 0.4) is 0 Å². The highest BCUT2D eigenvalue weighted by Crippen LogP contribution is 2.19. The fourth-order valence-electron chi connectivity index (χ4n) is 0.835. The largest absolute Gasteiger partial charge is 0.408 e. The van der Waals surface area contributed by atoms with Gasteiger partial charge in [0.1, 0.15) is 10.2 Å². The fraction of sp³-hybridized carbons (Fsp3) is 0.500. The van der Waals surface area contributed by atoms with Crippen LogP contribution in [0.15, 0.2) is 6.07 Å². The smallest absolute Gasteiger partial charge is 0.258 e. The van der Waals surface area contributed by atoms with Crippen LogP contribution < -0.4 is 0 Å². The Bertz CT molecular complexity index is 297. The zero-order valence-electron chi connectivity index (χ0n) is 6.28. The molecule has 0 fully saturated rings. The molecule has 0 unspecified atom stereocenters. The van der Waals surface area contributed by atoms with Gasteiger partial charge >= 0.3 is 6.18 Å². The standard InChI is InChI=1S/C6H5ClF3IN2/c7-2-4-1-5(11)12-13(4)3-6(8,9)10/h1H,2-3H2. The lowest BCUT2D eigenvalue weighted by atomic mass is 10.5. The maximum Gasteiger partial charge on any atom is 0.408 e. The first-order chi connectivity index (χ1) is 5.92. The first-order valence-corrected chi connectivity index (χ1v) is 4.88. The summed E-state index contributed by atoms with van der Waals surface area (Å²) in [7, 11) is 0. The van der Waals surface area contributed by atoms with Crippen molar-refractivity contribution in [3.8, 4) is 0 Å². The van der Waals surface area contributed by atoms with Gasteiger partial charge in [-0.25, -0.2) is 0 Å². The Morgan fingerprint density at radius 2 is 2.15 bits per heavy atom. The zero-order valence-corrected chi connectivity index (χ0v) is 9.19. The molecule has 1 rings (SSSR count). The van der Waals surface area contributed by atoms with E-state index in [0.29, 0.717) is 9.39 Å². The molecule has 1 aromatic rings. The highest BCUT2D eigenvalue weighted by atomic mass is 127. The second kappa shape index (κ2) is 4.04. The molecule has 1 aromatic heterocycles. The highest BCUT2D eigenvalue weighted by molar-refractivity contribution is 14.1. The second-order valence-electron chi connectivity index (χ2n) is 2.36. The van der Waals surface area contributed by atoms with Crippen LogP contribution in [-0.4, -0.2) is 16.0 Å². The van der Waals surface area contributed by atoms with Crippen LogP contribution in [-0.2, 0) is 12.4 Å². The molecule has 74 valence electrons. The van der Waals surface area contributed by atoms with Gasteiger partial charge in [0.2, 0.25) is 0 Å². The van der Waals surface area contributed by atoms with Gasteiger partial charge in [0.05, 0.1) is 11.6 Å². The number of nitrogens with zero attached hydrogens (tertiary/aromatic N) is 2. The van der Waals surface area contributed by atoms with E-state index < -0.39 is 12.7 Å². The Morgan fingerprint density at radius 1 is 1.54 bits per heavy atom. The van der Waals surface area contributed by atoms with Gasteiger partial charge in [-0.1, -0.05) is 0 Å². The molecule has 0 N–H and O–H groups in total. The van der Waals surface area contributed by atoms with Crippen molar-refractivity contribution in [1.82, 2.24) is 9.78 Å². The van der Waals surface area contributed by atoms with Crippen molar-refractivity contribution in [2.75, 3.05) is 0 Å². The molecule has 0 bridgehead atoms. The molecule has 0 spiro atoms. The normalized spacial score (nSPS) is 12.1. The fourth-order valence-corrected chi connectivity index (χ4v) is 1.67. The minimum absolute atomic E-state index is 0.0338. The molecule has 0 radical (unpaired) electrons. The number of rotatable bonds is 2. The van der Waals surface area contributed by atoms with Crippen LogP contribution in [0.5, 0.6) is 0 Å². The van der Waals surface area contributed by atoms with E-state index >= 15 is 0 Å². The molecule has 7 heteroatoms. The Morgan fingerprint density at radius 3 is 2.62 bits per heavy atom. The topological polar surface area (TPSA) is 17.8 Å². The van der Waals surface area contributed by atoms with Crippen molar-refractivity contribution in [2.24, 2.45) is 0 Å². The van der Waals surface area contributed by atoms with Crippen molar-refractivity contribution in [1.29, 1.82) is 0 Å². The average molecular weight is 324 g/mol. The summed E-state index contributed by atoms with van der Waals surface area (Å²) < 4.78 is 37.3. The second-order valence-corrected chi connectivity index (χ2v) is 3.74. The summed E-state index contributed by atoms with van der Waals surface area (Å²) in [6.07, 6.45) is -4.25. The number of aromatic nitrogens is 2. The predicted molar refractivity (Wildman–Crippen MR) is 50.6 cm³/mol. The molecule has 0 atom stereocenters. The lowest BCUT2D eigenvalue weighted by Gasteiger charge is -2.08. The van der Waals surface area contributed by atoms with Gasteiger partial charge < -0.3 is 0 Å². The summed E-state index contributed by atoms with van der Waals surface area (Å²) >= 11 is 7.29. The Kier molecular flexibility index (Phi) is 3.44. The number of hydrogen-bond acceptors (Lipinski definition) is 1. The van der Waals surface area contributed by atoms with Crippen LogP contribution in [0.2, 0.25) is 0 Å². The number of hydrogen-bond donors (Lipinski definition) is 0. The predicted octanol–water partition coefficient (Wildman–Crippen LogP) is 2.79. The maximum atomic E-state index is 12.0. The summed E-state index contributed by atoms with van der Waals surface area (Å²) in [5.74, 6) is 0.0338. The summed E-state index contributed by atoms with van der Waals surface area (Å²) in [5.41, 5.74) is 0.378. The van der Waals surface area contributed by atoms with Gasteiger partial charge in [0, 0.05) is 0 Å². The molecule has 0 aliphatic heterocycles. The van der Waals surface area contributed by atoms with Gasteiger partial charge in [-0.05, 0) is 28.7 Å². The summed E-state index contributed by atoms with van der Waals surface area (Å²) in [4.78, 5) is 0. The van der Waals surface area contributed by atoms with Crippen LogP contribution in [0.4, 0.5) is 13.2 Å². The lowest BCUT2D eigenvalue weighted by molar-refractivity contribution is -0.143. The maximum absolute atomic E-state index is 12.0. The zero-order chi connectivity index (χ0) is 10.1. The van der Waals surface area contributed by atoms with Crippen molar-refractivity contribution < 1.29 is 13.2 Å². The molecule has 0 aliphatic carbocycles. The first kappa shape index (κ1) is 11.1. The quantitative estimate of drug-likeness (QED) is 0.604. The minimum atomic E-state index is -4.25. The Labute approximate surface area is 91.2 Å². The third-order valence-corrected chi connectivity index (χ3v) is 2.10. The van der Waals surface area contributed by atoms with Crippen LogP contribution in [0.1, 0.15) is 5.69 Å². The lowest BCUT2D eigenvalue weighted by Crippen LogP contribution is -2.20. The van der Waals surface area contributed by atoms with E-state index in [1.165, 1.54) is 6.07 Å². The average Bonchev–Trinajstić information content (AvgIpc) is 2.27. The highest BCUT2D eigenvalue weighted by Gasteiger charge is 2.29. The van der Waals surface area contributed by atoms with E-state index in [0.717, 1.165) is 4.68 Å². The third kappa shape index (κ3) is 3.34. The molecule has 0 aliphatic rings. The summed E-state index contributed by atoms with van der Waals surface area (Å²) in [6.45, 7) is -1.09. The van der Waals surface area contributed by atoms with Gasteiger partial charge in [-0.2, -0.15) is 18.3 Å². The van der Waals surface area contributed by atoms with E-state index in [1.807, 2.05) is 22.6 Å². The molecular formula is C6H5ClF3IN2. The molecule has 0 saturated heterocycles. The molecule has 2 nitrogen and oxygen atoms in total. The molecule has 1 heterocycles. The van der Waals surface area contributed by atoms with E-state index in [-0.39, 0.29) is 5.88 Å². The van der Waals surface area contributed by atoms with E-state index in [2.05, 4.69) is 5.10 Å². The van der Waals surface area contributed by atoms with Crippen LogP contribution in [0, 0.1) is 3.70 Å². The van der Waals surface area contributed by atoms with Crippen LogP contribution >= 0.6 is 34.2 Å². The van der Waals surface area contributed by atoms with Gasteiger partial charge in [0.15, 0.2) is 0 Å². The van der Waals surface area contributed by atoms with Crippen molar-refractivity contribution in [3.05, 3.63) is 15.5 Å². The molecule has 0 aromatic carbocycles. The monoisotopic (exact) mass is 324 g/mol. The van der Waals surface area contributed by atoms with Gasteiger partial charge in [-0.15, -0.1) is 11.6 Å². The summed E-state index contributed by atoms with van der Waals surface area (Å²) in [5, 5.41) is 3.67. The summed E-state index contributed by atoms with van der Waals surface area (Å²) in [6, 6.07) is 1.53. The van der Waals surface area contributed by atoms with Crippen molar-refractivity contribution in [3.63, 3.8) is 0 Å². The molecular weight excluding hydrogens is 319 g/mol. The number of halogens is 5. The number of alkyl halides is 4. The van der Waals surface area contributed by atoms with E-state index in [1.54, 1.807) is 0 Å². The Balaban J connectivity index is 2.87. The molecule has 0 amide bonds. The molecule has 0 saturated carbocycles. The Hall–Kier alpha value is 0.0200. The van der Waals surface area contributed by atoms with E-state index in [4.69, 9.17) is 11.6 Å². The van der Waals surface area contributed by atoms with E-state index in [9.17, 15) is 13.2 Å². The van der Waals surface area contributed by atoms with Gasteiger partial charge in [-0.3, -0.25) is 4.68 Å². The van der Waals surface area contributed by atoms with Gasteiger partial charge in [0.25, 0.3) is 0 Å². The third-order valence-electron chi connectivity index (χ3n) is 1.30. The minimum Gasteiger partial charge on any atom is -0.258 e. The first-order valence-electron chi connectivity index (χ1n) is 3.27. The van der Waals surface area contributed by atoms with Crippen LogP contribution in [0.25, 0.3) is 0 Å². The SMILES string of the molecule is FC(F)(F)Cn1nc(I)cc1CCl. The molecule has 13 heavy (non-hydrogen) atoms.